The molecule has 2 unspecified atom stereocenters. The quantitative estimate of drug-likeness (QED) is 0.631. The Kier molecular flexibility index (Phi) is 5.88. The van der Waals surface area contributed by atoms with Gasteiger partial charge in [-0.3, -0.25) is 4.68 Å². The van der Waals surface area contributed by atoms with Crippen molar-refractivity contribution in [3.8, 4) is 0 Å². The molecule has 1 fully saturated rings. The van der Waals surface area contributed by atoms with Crippen molar-refractivity contribution in [3.05, 3.63) is 52.3 Å². The average molecular weight is 454 g/mol. The maximum atomic E-state index is 11.9. The summed E-state index contributed by atoms with van der Waals surface area (Å²) in [4.78, 5) is 0. The zero-order valence-corrected chi connectivity index (χ0v) is 19.0. The van der Waals surface area contributed by atoms with Crippen LogP contribution < -0.4 is 10.0 Å². The van der Waals surface area contributed by atoms with Gasteiger partial charge in [0.15, 0.2) is 0 Å². The van der Waals surface area contributed by atoms with E-state index in [1.807, 2.05) is 16.8 Å². The molecule has 1 aliphatic heterocycles. The highest BCUT2D eigenvalue weighted by molar-refractivity contribution is 8.47. The molecule has 0 radical (unpaired) electrons. The Labute approximate surface area is 178 Å². The second-order valence-corrected chi connectivity index (χ2v) is 14.2. The molecule has 2 N–H and O–H groups in total. The maximum absolute atomic E-state index is 11.9. The third kappa shape index (κ3) is 4.04. The summed E-state index contributed by atoms with van der Waals surface area (Å²) in [5.41, 5.74) is 3.72. The number of halogens is 1. The highest BCUT2D eigenvalue weighted by Crippen LogP contribution is 2.53. The van der Waals surface area contributed by atoms with Crippen LogP contribution in [0.25, 0.3) is 0 Å². The standard InChI is InChI=1S/C20H27ClN4O2PS/c1-28(2)29(26,27)23-12-13-25-14-15-8-11-22-19(18(15)24-25)20(9-3-10-20)16-4-6-17(21)7-5-16/h4-7,14,19,22-23H,1,3,8-13H2,2H3/q+1. The van der Waals surface area contributed by atoms with Crippen LogP contribution in [0.3, 0.4) is 0 Å². The van der Waals surface area contributed by atoms with Gasteiger partial charge in [0.25, 0.3) is 0 Å². The molecule has 6 nitrogen and oxygen atoms in total. The SMILES string of the molecule is C=[P+](C)S(=O)(=O)NCCn1cc2c(n1)C(C1(c3ccc(Cl)cc3)CCC1)NCC2. The Morgan fingerprint density at radius 3 is 2.72 bits per heavy atom. The van der Waals surface area contributed by atoms with Gasteiger partial charge in [-0.15, -0.1) is 0 Å². The van der Waals surface area contributed by atoms with E-state index in [0.29, 0.717) is 13.1 Å². The summed E-state index contributed by atoms with van der Waals surface area (Å²) in [7, 11) is -3.30. The predicted octanol–water partition coefficient (Wildman–Crippen LogP) is 3.22. The Morgan fingerprint density at radius 2 is 2.10 bits per heavy atom. The molecule has 0 amide bonds. The van der Waals surface area contributed by atoms with Crippen LogP contribution in [0, 0.1) is 0 Å². The van der Waals surface area contributed by atoms with Gasteiger partial charge in [-0.25, -0.2) is 0 Å². The molecule has 2 aliphatic rings. The number of nitrogens with one attached hydrogen (secondary N) is 2. The smallest absolute Gasteiger partial charge is 0.307 e. The Balaban J connectivity index is 1.55. The number of rotatable bonds is 7. The van der Waals surface area contributed by atoms with E-state index < -0.39 is 16.4 Å². The molecule has 9 heteroatoms. The van der Waals surface area contributed by atoms with E-state index in [9.17, 15) is 8.42 Å². The van der Waals surface area contributed by atoms with Crippen molar-refractivity contribution in [1.29, 1.82) is 0 Å². The lowest BCUT2D eigenvalue weighted by atomic mass is 9.58. The maximum Gasteiger partial charge on any atom is 0.375 e. The molecule has 0 spiro atoms. The number of hydrogen-bond acceptors (Lipinski definition) is 4. The van der Waals surface area contributed by atoms with Gasteiger partial charge in [0.05, 0.1) is 24.6 Å². The lowest BCUT2D eigenvalue weighted by Gasteiger charge is -2.49. The van der Waals surface area contributed by atoms with Crippen LogP contribution in [0.15, 0.2) is 30.5 Å². The highest BCUT2D eigenvalue weighted by Gasteiger charge is 2.48. The Hall–Kier alpha value is -1.24. The minimum Gasteiger partial charge on any atom is -0.307 e. The van der Waals surface area contributed by atoms with E-state index in [1.54, 1.807) is 6.66 Å². The number of fused-ring (bicyclic) bond motifs is 1. The lowest BCUT2D eigenvalue weighted by molar-refractivity contribution is 0.161. The number of hydrogen-bond donors (Lipinski definition) is 2. The van der Waals surface area contributed by atoms with Crippen molar-refractivity contribution >= 4 is 34.3 Å². The van der Waals surface area contributed by atoms with Gasteiger partial charge >= 0.3 is 9.64 Å². The van der Waals surface area contributed by atoms with Gasteiger partial charge in [0, 0.05) is 23.2 Å². The second kappa shape index (κ2) is 8.12. The molecule has 2 atom stereocenters. The molecule has 29 heavy (non-hydrogen) atoms. The van der Waals surface area contributed by atoms with E-state index in [1.165, 1.54) is 17.5 Å². The van der Waals surface area contributed by atoms with E-state index in [-0.39, 0.29) is 11.5 Å². The molecule has 1 aromatic heterocycles. The largest absolute Gasteiger partial charge is 0.375 e. The van der Waals surface area contributed by atoms with Gasteiger partial charge in [0.1, 0.15) is 6.66 Å². The summed E-state index contributed by atoms with van der Waals surface area (Å²) in [6.45, 7) is 2.09. The van der Waals surface area contributed by atoms with E-state index in [2.05, 4.69) is 34.7 Å². The molecular formula is C20H27ClN4O2PS+. The third-order valence-corrected chi connectivity index (χ3v) is 10.6. The molecule has 2 heterocycles. The minimum atomic E-state index is -3.30. The van der Waals surface area contributed by atoms with Crippen LogP contribution in [-0.2, 0) is 28.0 Å². The fraction of sp³-hybridized carbons (Fsp3) is 0.500. The van der Waals surface area contributed by atoms with Crippen molar-refractivity contribution in [1.82, 2.24) is 19.8 Å². The van der Waals surface area contributed by atoms with Crippen LogP contribution in [-0.4, -0.2) is 44.3 Å². The molecular weight excluding hydrogens is 427 g/mol. The van der Waals surface area contributed by atoms with Gasteiger partial charge < -0.3 is 5.32 Å². The summed E-state index contributed by atoms with van der Waals surface area (Å²) in [6, 6.07) is 8.39. The number of aromatic nitrogens is 2. The fourth-order valence-electron chi connectivity index (χ4n) is 4.42. The van der Waals surface area contributed by atoms with Crippen LogP contribution in [0.4, 0.5) is 0 Å². The first-order chi connectivity index (χ1) is 13.8. The van der Waals surface area contributed by atoms with Crippen molar-refractivity contribution in [2.24, 2.45) is 0 Å². The molecule has 2 aromatic rings. The van der Waals surface area contributed by atoms with E-state index in [0.717, 1.165) is 36.5 Å². The first-order valence-electron chi connectivity index (χ1n) is 9.91. The van der Waals surface area contributed by atoms with Crippen LogP contribution in [0.2, 0.25) is 5.02 Å². The molecule has 1 aromatic carbocycles. The summed E-state index contributed by atoms with van der Waals surface area (Å²) < 4.78 is 28.4. The van der Waals surface area contributed by atoms with Gasteiger partial charge in [-0.05, 0) is 49.1 Å². The normalized spacial score (nSPS) is 21.3. The zero-order chi connectivity index (χ0) is 20.6. The van der Waals surface area contributed by atoms with Gasteiger partial charge in [-0.1, -0.05) is 30.2 Å². The summed E-state index contributed by atoms with van der Waals surface area (Å²) >= 11 is 6.11. The molecule has 4 rings (SSSR count). The first kappa shape index (κ1) is 21.0. The van der Waals surface area contributed by atoms with Crippen molar-refractivity contribution in [2.75, 3.05) is 19.8 Å². The molecule has 0 saturated heterocycles. The molecule has 0 bridgehead atoms. The number of nitrogens with zero attached hydrogens (tertiary/aromatic N) is 2. The topological polar surface area (TPSA) is 76.0 Å². The predicted molar refractivity (Wildman–Crippen MR) is 121 cm³/mol. The average Bonchev–Trinajstić information content (AvgIpc) is 3.05. The molecule has 1 saturated carbocycles. The number of benzene rings is 1. The Morgan fingerprint density at radius 1 is 1.38 bits per heavy atom. The minimum absolute atomic E-state index is 0.0481. The molecule has 156 valence electrons. The van der Waals surface area contributed by atoms with Crippen LogP contribution in [0.1, 0.15) is 42.1 Å². The van der Waals surface area contributed by atoms with Crippen molar-refractivity contribution < 1.29 is 8.42 Å². The monoisotopic (exact) mass is 453 g/mol. The lowest BCUT2D eigenvalue weighted by Crippen LogP contribution is -2.49. The van der Waals surface area contributed by atoms with Crippen molar-refractivity contribution in [2.45, 2.75) is 43.7 Å². The van der Waals surface area contributed by atoms with Gasteiger partial charge in [-0.2, -0.15) is 18.2 Å². The fourth-order valence-corrected chi connectivity index (χ4v) is 6.05. The first-order valence-corrected chi connectivity index (χ1v) is 14.4. The van der Waals surface area contributed by atoms with E-state index in [4.69, 9.17) is 16.7 Å². The summed E-state index contributed by atoms with van der Waals surface area (Å²) in [6.07, 6.45) is 10.1. The Bertz CT molecular complexity index is 1020. The van der Waals surface area contributed by atoms with Crippen molar-refractivity contribution in [3.63, 3.8) is 0 Å². The van der Waals surface area contributed by atoms with E-state index >= 15 is 0 Å². The summed E-state index contributed by atoms with van der Waals surface area (Å²) in [5.74, 6) is 0. The van der Waals surface area contributed by atoms with Gasteiger partial charge in [0.2, 0.25) is 6.75 Å². The second-order valence-electron chi connectivity index (χ2n) is 7.95. The zero-order valence-electron chi connectivity index (χ0n) is 16.6. The molecule has 1 aliphatic carbocycles. The third-order valence-electron chi connectivity index (χ3n) is 6.14. The van der Waals surface area contributed by atoms with Crippen LogP contribution >= 0.6 is 18.3 Å². The highest BCUT2D eigenvalue weighted by atomic mass is 35.5. The van der Waals surface area contributed by atoms with Crippen LogP contribution in [0.5, 0.6) is 0 Å². The summed E-state index contributed by atoms with van der Waals surface area (Å²) in [5, 5.41) is 9.34.